The van der Waals surface area contributed by atoms with Gasteiger partial charge >= 0.3 is 0 Å². The molecule has 22 heavy (non-hydrogen) atoms. The molecule has 122 valence electrons. The number of piperidine rings is 1. The molecule has 1 amide bonds. The van der Waals surface area contributed by atoms with Crippen molar-refractivity contribution in [2.75, 3.05) is 31.9 Å². The third kappa shape index (κ3) is 3.30. The Morgan fingerprint density at radius 3 is 2.82 bits per heavy atom. The van der Waals surface area contributed by atoms with Crippen molar-refractivity contribution >= 4 is 15.9 Å². The summed E-state index contributed by atoms with van der Waals surface area (Å²) in [5, 5.41) is 4.14. The molecule has 2 fully saturated rings. The van der Waals surface area contributed by atoms with E-state index in [1.807, 2.05) is 4.90 Å². The van der Waals surface area contributed by atoms with Crippen LogP contribution in [0, 0.1) is 0 Å². The van der Waals surface area contributed by atoms with Crippen molar-refractivity contribution in [3.63, 3.8) is 0 Å². The first-order chi connectivity index (χ1) is 10.6. The maximum absolute atomic E-state index is 12.3. The number of hydrogen-bond donors (Lipinski definition) is 0. The molecule has 2 aliphatic rings. The monoisotopic (exact) mass is 327 g/mol. The van der Waals surface area contributed by atoms with Crippen LogP contribution in [-0.4, -0.2) is 70.2 Å². The molecule has 0 bridgehead atoms. The number of likely N-dealkylation sites (tertiary alicyclic amines) is 1. The number of rotatable bonds is 4. The Morgan fingerprint density at radius 2 is 2.14 bits per heavy atom. The number of hydrogen-bond acceptors (Lipinski definition) is 5. The Balaban J connectivity index is 1.54. The van der Waals surface area contributed by atoms with Gasteiger partial charge in [-0.05, 0) is 19.3 Å². The van der Waals surface area contributed by atoms with Crippen molar-refractivity contribution < 1.29 is 13.2 Å². The molecule has 2 aliphatic heterocycles. The minimum Gasteiger partial charge on any atom is -0.341 e. The zero-order valence-electron chi connectivity index (χ0n) is 12.5. The first-order valence-corrected chi connectivity index (χ1v) is 9.27. The Morgan fingerprint density at radius 1 is 1.27 bits per heavy atom. The van der Waals surface area contributed by atoms with Crippen molar-refractivity contribution in [2.45, 2.75) is 31.7 Å². The maximum Gasteiger partial charge on any atom is 0.223 e. The van der Waals surface area contributed by atoms with Crippen LogP contribution in [0.5, 0.6) is 0 Å². The van der Waals surface area contributed by atoms with Crippen LogP contribution in [0.4, 0.5) is 0 Å². The fraction of sp³-hybridized carbons (Fsp3) is 0.769. The number of nitrogens with zero attached hydrogens (tertiary/aromatic N) is 5. The minimum atomic E-state index is -3.12. The highest BCUT2D eigenvalue weighted by Crippen LogP contribution is 2.21. The Hall–Kier alpha value is -1.48. The predicted octanol–water partition coefficient (Wildman–Crippen LogP) is -0.133. The van der Waals surface area contributed by atoms with E-state index in [0.717, 1.165) is 19.4 Å². The van der Waals surface area contributed by atoms with E-state index in [2.05, 4.69) is 10.1 Å². The van der Waals surface area contributed by atoms with E-state index in [1.165, 1.54) is 10.6 Å². The zero-order valence-corrected chi connectivity index (χ0v) is 13.3. The quantitative estimate of drug-likeness (QED) is 0.768. The molecular weight excluding hydrogens is 306 g/mol. The van der Waals surface area contributed by atoms with Gasteiger partial charge in [-0.1, -0.05) is 0 Å². The summed E-state index contributed by atoms with van der Waals surface area (Å²) in [6.45, 7) is 2.19. The van der Waals surface area contributed by atoms with Crippen LogP contribution in [-0.2, 0) is 14.8 Å². The van der Waals surface area contributed by atoms with Gasteiger partial charge in [-0.25, -0.2) is 22.4 Å². The van der Waals surface area contributed by atoms with E-state index in [1.54, 1.807) is 11.0 Å². The summed E-state index contributed by atoms with van der Waals surface area (Å²) in [7, 11) is -3.12. The summed E-state index contributed by atoms with van der Waals surface area (Å²) in [5.74, 6) is 0.228. The molecule has 1 aromatic rings. The Labute approximate surface area is 130 Å². The molecule has 0 saturated carbocycles. The van der Waals surface area contributed by atoms with E-state index >= 15 is 0 Å². The molecule has 0 aliphatic carbocycles. The van der Waals surface area contributed by atoms with Gasteiger partial charge < -0.3 is 4.90 Å². The lowest BCUT2D eigenvalue weighted by molar-refractivity contribution is -0.133. The van der Waals surface area contributed by atoms with Crippen molar-refractivity contribution in [1.82, 2.24) is 24.0 Å². The first-order valence-electron chi connectivity index (χ1n) is 7.66. The Bertz CT molecular complexity index is 616. The lowest BCUT2D eigenvalue weighted by Crippen LogP contribution is -2.42. The number of carbonyl (C=O) groups excluding carboxylic acids is 1. The van der Waals surface area contributed by atoms with Crippen LogP contribution in [0.1, 0.15) is 31.7 Å². The third-order valence-electron chi connectivity index (χ3n) is 4.34. The van der Waals surface area contributed by atoms with Gasteiger partial charge in [-0.15, -0.1) is 0 Å². The molecular formula is C13H21N5O3S. The largest absolute Gasteiger partial charge is 0.341 e. The van der Waals surface area contributed by atoms with Gasteiger partial charge in [0.1, 0.15) is 12.7 Å². The third-order valence-corrected chi connectivity index (χ3v) is 6.29. The fourth-order valence-electron chi connectivity index (χ4n) is 3.12. The average Bonchev–Trinajstić information content (AvgIpc) is 3.14. The molecule has 0 radical (unpaired) electrons. The molecule has 9 heteroatoms. The van der Waals surface area contributed by atoms with E-state index < -0.39 is 10.0 Å². The van der Waals surface area contributed by atoms with E-state index in [4.69, 9.17) is 0 Å². The van der Waals surface area contributed by atoms with Gasteiger partial charge in [0.25, 0.3) is 0 Å². The second-order valence-electron chi connectivity index (χ2n) is 5.83. The van der Waals surface area contributed by atoms with Gasteiger partial charge in [-0.2, -0.15) is 5.10 Å². The smallest absolute Gasteiger partial charge is 0.223 e. The topological polar surface area (TPSA) is 88.4 Å². The minimum absolute atomic E-state index is 0.0203. The van der Waals surface area contributed by atoms with Crippen molar-refractivity contribution in [1.29, 1.82) is 0 Å². The number of amides is 1. The summed E-state index contributed by atoms with van der Waals surface area (Å²) < 4.78 is 26.7. The molecule has 0 N–H and O–H groups in total. The summed E-state index contributed by atoms with van der Waals surface area (Å²) in [6, 6.07) is 0.163. The van der Waals surface area contributed by atoms with Gasteiger partial charge in [0.2, 0.25) is 15.9 Å². The van der Waals surface area contributed by atoms with Gasteiger partial charge in [0.15, 0.2) is 0 Å². The van der Waals surface area contributed by atoms with Gasteiger partial charge in [-0.3, -0.25) is 4.79 Å². The zero-order chi connectivity index (χ0) is 15.6. The highest BCUT2D eigenvalue weighted by atomic mass is 32.2. The van der Waals surface area contributed by atoms with Gasteiger partial charge in [0.05, 0.1) is 11.8 Å². The molecule has 2 saturated heterocycles. The molecule has 3 heterocycles. The first kappa shape index (κ1) is 15.4. The predicted molar refractivity (Wildman–Crippen MR) is 79.5 cm³/mol. The SMILES string of the molecule is O=C(CCN1CCCS1(=O)=O)N1CCCC(n2cncn2)C1. The Kier molecular flexibility index (Phi) is 4.44. The number of sulfonamides is 1. The number of aromatic nitrogens is 3. The van der Waals surface area contributed by atoms with Crippen molar-refractivity contribution in [3.8, 4) is 0 Å². The molecule has 8 nitrogen and oxygen atoms in total. The molecule has 0 aromatic carbocycles. The highest BCUT2D eigenvalue weighted by Gasteiger charge is 2.30. The van der Waals surface area contributed by atoms with Crippen molar-refractivity contribution in [3.05, 3.63) is 12.7 Å². The fourth-order valence-corrected chi connectivity index (χ4v) is 4.65. The van der Waals surface area contributed by atoms with E-state index in [9.17, 15) is 13.2 Å². The summed E-state index contributed by atoms with van der Waals surface area (Å²) in [6.07, 6.45) is 6.00. The van der Waals surface area contributed by atoms with Crippen LogP contribution < -0.4 is 0 Å². The maximum atomic E-state index is 12.3. The normalized spacial score (nSPS) is 25.5. The lowest BCUT2D eigenvalue weighted by Gasteiger charge is -2.33. The molecule has 3 rings (SSSR count). The average molecular weight is 327 g/mol. The lowest BCUT2D eigenvalue weighted by atomic mass is 10.1. The summed E-state index contributed by atoms with van der Waals surface area (Å²) >= 11 is 0. The number of carbonyl (C=O) groups is 1. The second kappa shape index (κ2) is 6.33. The molecule has 1 atom stereocenters. The van der Waals surface area contributed by atoms with Crippen LogP contribution >= 0.6 is 0 Å². The molecule has 1 unspecified atom stereocenters. The highest BCUT2D eigenvalue weighted by molar-refractivity contribution is 7.89. The summed E-state index contributed by atoms with van der Waals surface area (Å²) in [5.41, 5.74) is 0. The van der Waals surface area contributed by atoms with E-state index in [0.29, 0.717) is 26.1 Å². The van der Waals surface area contributed by atoms with Crippen LogP contribution in [0.3, 0.4) is 0 Å². The van der Waals surface area contributed by atoms with Gasteiger partial charge in [0, 0.05) is 32.6 Å². The molecule has 1 aromatic heterocycles. The summed E-state index contributed by atoms with van der Waals surface area (Å²) in [4.78, 5) is 18.1. The molecule has 0 spiro atoms. The van der Waals surface area contributed by atoms with Crippen molar-refractivity contribution in [2.24, 2.45) is 0 Å². The van der Waals surface area contributed by atoms with Crippen LogP contribution in [0.2, 0.25) is 0 Å². The van der Waals surface area contributed by atoms with E-state index in [-0.39, 0.29) is 24.1 Å². The second-order valence-corrected chi connectivity index (χ2v) is 7.92. The standard InChI is InChI=1S/C13H21N5O3S/c19-13(4-7-17-6-2-8-22(17,20)21)16-5-1-3-12(9-16)18-11-14-10-15-18/h10-12H,1-9H2. The van der Waals surface area contributed by atoms with Crippen LogP contribution in [0.25, 0.3) is 0 Å². The van der Waals surface area contributed by atoms with Crippen LogP contribution in [0.15, 0.2) is 12.7 Å².